The topological polar surface area (TPSA) is 84.0 Å². The minimum Gasteiger partial charge on any atom is -0.366 e. The molecule has 0 fully saturated rings. The van der Waals surface area contributed by atoms with Gasteiger partial charge in [0.1, 0.15) is 15.7 Å². The first kappa shape index (κ1) is 16.5. The molecular formula is C10H15F3N4O2S. The second kappa shape index (κ2) is 5.81. The molecule has 1 heterocycles. The number of rotatable bonds is 5. The van der Waals surface area contributed by atoms with Crippen LogP contribution in [0.1, 0.15) is 12.6 Å². The van der Waals surface area contributed by atoms with Gasteiger partial charge in [0.25, 0.3) is 0 Å². The number of nitrogens with zero attached hydrogens (tertiary/aromatic N) is 2. The largest absolute Gasteiger partial charge is 0.433 e. The summed E-state index contributed by atoms with van der Waals surface area (Å²) in [5.74, 6) is -0.505. The Labute approximate surface area is 114 Å². The van der Waals surface area contributed by atoms with Gasteiger partial charge in [-0.25, -0.2) is 13.4 Å². The number of nitrogens with one attached hydrogen (secondary N) is 2. The molecule has 2 N–H and O–H groups in total. The van der Waals surface area contributed by atoms with Crippen molar-refractivity contribution < 1.29 is 21.6 Å². The van der Waals surface area contributed by atoms with Crippen LogP contribution >= 0.6 is 0 Å². The van der Waals surface area contributed by atoms with E-state index in [9.17, 15) is 21.6 Å². The summed E-state index contributed by atoms with van der Waals surface area (Å²) < 4.78 is 60.2. The molecule has 0 aliphatic heterocycles. The molecule has 20 heavy (non-hydrogen) atoms. The van der Waals surface area contributed by atoms with E-state index in [1.807, 2.05) is 0 Å². The Bertz CT molecular complexity index is 574. The van der Waals surface area contributed by atoms with E-state index in [0.717, 1.165) is 12.3 Å². The van der Waals surface area contributed by atoms with Crippen LogP contribution in [-0.4, -0.2) is 43.5 Å². The van der Waals surface area contributed by atoms with Gasteiger partial charge in [0.2, 0.25) is 5.95 Å². The highest BCUT2D eigenvalue weighted by Gasteiger charge is 2.33. The van der Waals surface area contributed by atoms with E-state index < -0.39 is 27.7 Å². The van der Waals surface area contributed by atoms with E-state index >= 15 is 0 Å². The molecule has 1 aromatic heterocycles. The SMILES string of the molecule is CNc1nc(NC(C)CS(C)(=O)=O)cc(C(F)(F)F)n1. The molecule has 0 aliphatic carbocycles. The van der Waals surface area contributed by atoms with Crippen molar-refractivity contribution in [2.24, 2.45) is 0 Å². The average Bonchev–Trinajstić information content (AvgIpc) is 2.24. The summed E-state index contributed by atoms with van der Waals surface area (Å²) in [6.45, 7) is 1.54. The number of hydrogen-bond acceptors (Lipinski definition) is 6. The van der Waals surface area contributed by atoms with Crippen LogP contribution in [0.5, 0.6) is 0 Å². The fourth-order valence-corrected chi connectivity index (χ4v) is 2.52. The second-order valence-electron chi connectivity index (χ2n) is 4.35. The number of hydrogen-bond donors (Lipinski definition) is 2. The fraction of sp³-hybridized carbons (Fsp3) is 0.600. The maximum atomic E-state index is 12.7. The van der Waals surface area contributed by atoms with Gasteiger partial charge in [-0.1, -0.05) is 0 Å². The number of halogens is 3. The molecule has 0 bridgehead atoms. The van der Waals surface area contributed by atoms with Gasteiger partial charge in [-0.05, 0) is 6.92 Å². The maximum Gasteiger partial charge on any atom is 0.433 e. The first-order valence-corrected chi connectivity index (χ1v) is 7.65. The third kappa shape index (κ3) is 5.19. The number of alkyl halides is 3. The Hall–Kier alpha value is -1.58. The predicted octanol–water partition coefficient (Wildman–Crippen LogP) is 1.38. The lowest BCUT2D eigenvalue weighted by Crippen LogP contribution is -2.26. The van der Waals surface area contributed by atoms with Crippen molar-refractivity contribution in [3.8, 4) is 0 Å². The van der Waals surface area contributed by atoms with Crippen molar-refractivity contribution in [2.45, 2.75) is 19.1 Å². The van der Waals surface area contributed by atoms with Crippen molar-refractivity contribution in [3.05, 3.63) is 11.8 Å². The van der Waals surface area contributed by atoms with Gasteiger partial charge in [-0.2, -0.15) is 18.2 Å². The highest BCUT2D eigenvalue weighted by molar-refractivity contribution is 7.90. The summed E-state index contributed by atoms with van der Waals surface area (Å²) in [5, 5.41) is 5.04. The zero-order valence-electron chi connectivity index (χ0n) is 11.1. The van der Waals surface area contributed by atoms with Crippen LogP contribution in [0.25, 0.3) is 0 Å². The van der Waals surface area contributed by atoms with Crippen LogP contribution < -0.4 is 10.6 Å². The van der Waals surface area contributed by atoms with Gasteiger partial charge in [-0.3, -0.25) is 0 Å². The van der Waals surface area contributed by atoms with E-state index in [1.165, 1.54) is 14.0 Å². The van der Waals surface area contributed by atoms with Gasteiger partial charge >= 0.3 is 6.18 Å². The van der Waals surface area contributed by atoms with Crippen LogP contribution in [0.2, 0.25) is 0 Å². The molecule has 0 saturated carbocycles. The highest BCUT2D eigenvalue weighted by atomic mass is 32.2. The number of sulfone groups is 1. The third-order valence-corrected chi connectivity index (χ3v) is 3.29. The summed E-state index contributed by atoms with van der Waals surface area (Å²) in [5.41, 5.74) is -1.11. The Kier molecular flexibility index (Phi) is 4.79. The van der Waals surface area contributed by atoms with Crippen molar-refractivity contribution in [2.75, 3.05) is 29.7 Å². The van der Waals surface area contributed by atoms with Crippen LogP contribution in [0.4, 0.5) is 24.9 Å². The predicted molar refractivity (Wildman–Crippen MR) is 69.4 cm³/mol. The van der Waals surface area contributed by atoms with E-state index in [4.69, 9.17) is 0 Å². The molecule has 0 radical (unpaired) electrons. The normalized spacial score (nSPS) is 13.9. The summed E-state index contributed by atoms with van der Waals surface area (Å²) in [6.07, 6.45) is -3.56. The van der Waals surface area contributed by atoms with Crippen LogP contribution in [0.15, 0.2) is 6.07 Å². The lowest BCUT2D eigenvalue weighted by molar-refractivity contribution is -0.141. The fourth-order valence-electron chi connectivity index (χ4n) is 1.53. The lowest BCUT2D eigenvalue weighted by atomic mass is 10.3. The van der Waals surface area contributed by atoms with E-state index in [-0.39, 0.29) is 17.5 Å². The Balaban J connectivity index is 3.00. The Morgan fingerprint density at radius 2 is 1.95 bits per heavy atom. The van der Waals surface area contributed by atoms with E-state index in [2.05, 4.69) is 20.6 Å². The molecule has 0 spiro atoms. The van der Waals surface area contributed by atoms with E-state index in [1.54, 1.807) is 0 Å². The summed E-state index contributed by atoms with van der Waals surface area (Å²) in [6, 6.07) is 0.158. The Morgan fingerprint density at radius 3 is 2.40 bits per heavy atom. The average molecular weight is 312 g/mol. The summed E-state index contributed by atoms with van der Waals surface area (Å²) >= 11 is 0. The number of aromatic nitrogens is 2. The molecule has 1 atom stereocenters. The van der Waals surface area contributed by atoms with E-state index in [0.29, 0.717) is 0 Å². The van der Waals surface area contributed by atoms with Crippen LogP contribution in [0, 0.1) is 0 Å². The number of anilines is 2. The summed E-state index contributed by atoms with van der Waals surface area (Å²) in [7, 11) is -1.85. The highest BCUT2D eigenvalue weighted by Crippen LogP contribution is 2.29. The molecule has 1 unspecified atom stereocenters. The molecule has 0 saturated heterocycles. The van der Waals surface area contributed by atoms with Crippen molar-refractivity contribution in [1.82, 2.24) is 9.97 Å². The molecule has 0 amide bonds. The quantitative estimate of drug-likeness (QED) is 0.854. The standard InChI is InChI=1S/C10H15F3N4O2S/c1-6(5-20(3,18)19)15-8-4-7(10(11,12)13)16-9(14-2)17-8/h4,6H,5H2,1-3H3,(H2,14,15,16,17). The van der Waals surface area contributed by atoms with Crippen LogP contribution in [0.3, 0.4) is 0 Å². The molecule has 0 aromatic carbocycles. The van der Waals surface area contributed by atoms with Crippen LogP contribution in [-0.2, 0) is 16.0 Å². The minimum absolute atomic E-state index is 0.0900. The lowest BCUT2D eigenvalue weighted by Gasteiger charge is -2.15. The van der Waals surface area contributed by atoms with Gasteiger partial charge in [0.15, 0.2) is 5.69 Å². The maximum absolute atomic E-state index is 12.7. The molecule has 114 valence electrons. The summed E-state index contributed by atoms with van der Waals surface area (Å²) in [4.78, 5) is 7.11. The molecule has 6 nitrogen and oxygen atoms in total. The first-order chi connectivity index (χ1) is 9.01. The molecule has 1 rings (SSSR count). The van der Waals surface area contributed by atoms with Gasteiger partial charge in [-0.15, -0.1) is 0 Å². The zero-order chi connectivity index (χ0) is 15.6. The monoisotopic (exact) mass is 312 g/mol. The van der Waals surface area contributed by atoms with Gasteiger partial charge < -0.3 is 10.6 Å². The molecule has 1 aromatic rings. The van der Waals surface area contributed by atoms with Crippen molar-refractivity contribution in [3.63, 3.8) is 0 Å². The second-order valence-corrected chi connectivity index (χ2v) is 6.53. The third-order valence-electron chi connectivity index (χ3n) is 2.19. The first-order valence-electron chi connectivity index (χ1n) is 5.59. The Morgan fingerprint density at radius 1 is 1.35 bits per heavy atom. The van der Waals surface area contributed by atoms with Crippen molar-refractivity contribution in [1.29, 1.82) is 0 Å². The minimum atomic E-state index is -4.61. The van der Waals surface area contributed by atoms with Crippen molar-refractivity contribution >= 4 is 21.6 Å². The van der Waals surface area contributed by atoms with Gasteiger partial charge in [0.05, 0.1) is 5.75 Å². The molecule has 10 heteroatoms. The molecule has 0 aliphatic rings. The zero-order valence-corrected chi connectivity index (χ0v) is 11.9. The molecular weight excluding hydrogens is 297 g/mol. The smallest absolute Gasteiger partial charge is 0.366 e. The van der Waals surface area contributed by atoms with Gasteiger partial charge in [0, 0.05) is 25.4 Å².